The third-order valence-electron chi connectivity index (χ3n) is 6.47. The summed E-state index contributed by atoms with van der Waals surface area (Å²) in [5, 5.41) is 5.73. The minimum Gasteiger partial charge on any atom is -0.497 e. The van der Waals surface area contributed by atoms with Crippen LogP contribution in [-0.2, 0) is 9.53 Å². The molecule has 4 rings (SSSR count). The van der Waals surface area contributed by atoms with Crippen LogP contribution in [0.3, 0.4) is 0 Å². The van der Waals surface area contributed by atoms with E-state index in [1.807, 2.05) is 24.3 Å². The van der Waals surface area contributed by atoms with Crippen LogP contribution in [0.4, 0.5) is 10.5 Å². The van der Waals surface area contributed by atoms with Crippen molar-refractivity contribution in [3.63, 3.8) is 0 Å². The molecular weight excluding hydrogens is 432 g/mol. The minimum absolute atomic E-state index is 0.336. The maximum Gasteiger partial charge on any atom is 0.338 e. The zero-order chi connectivity index (χ0) is 24.2. The molecule has 2 aliphatic heterocycles. The van der Waals surface area contributed by atoms with Gasteiger partial charge in [0.15, 0.2) is 0 Å². The molecule has 8 nitrogen and oxygen atoms in total. The lowest BCUT2D eigenvalue weighted by Gasteiger charge is -2.38. The molecule has 2 aromatic carbocycles. The Hall–Kier alpha value is -3.52. The fraction of sp³-hybridized carbons (Fsp3) is 0.385. The molecule has 2 aromatic rings. The van der Waals surface area contributed by atoms with Crippen molar-refractivity contribution in [2.24, 2.45) is 0 Å². The molecule has 0 spiro atoms. The number of hydrogen-bond donors (Lipinski definition) is 2. The summed E-state index contributed by atoms with van der Waals surface area (Å²) in [6.07, 6.45) is 0. The van der Waals surface area contributed by atoms with E-state index in [-0.39, 0.29) is 6.03 Å². The second kappa shape index (κ2) is 10.2. The predicted octanol–water partition coefficient (Wildman–Crippen LogP) is 2.92. The molecule has 0 saturated carbocycles. The zero-order valence-electron chi connectivity index (χ0n) is 20.2. The lowest BCUT2D eigenvalue weighted by molar-refractivity contribution is -0.136. The Morgan fingerprint density at radius 2 is 1.74 bits per heavy atom. The van der Waals surface area contributed by atoms with Gasteiger partial charge in [-0.1, -0.05) is 24.3 Å². The summed E-state index contributed by atoms with van der Waals surface area (Å²) in [6.45, 7) is 8.10. The largest absolute Gasteiger partial charge is 0.497 e. The fourth-order valence-electron chi connectivity index (χ4n) is 4.57. The number of aryl methyl sites for hydroxylation is 2. The highest BCUT2D eigenvalue weighted by Crippen LogP contribution is 2.30. The third kappa shape index (κ3) is 5.02. The molecule has 2 heterocycles. The third-order valence-corrected chi connectivity index (χ3v) is 6.47. The zero-order valence-corrected chi connectivity index (χ0v) is 20.2. The molecular formula is C26H32N4O4. The summed E-state index contributed by atoms with van der Waals surface area (Å²) in [7, 11) is 2.95. The van der Waals surface area contributed by atoms with Crippen molar-refractivity contribution in [1.29, 1.82) is 0 Å². The Kier molecular flexibility index (Phi) is 7.07. The van der Waals surface area contributed by atoms with Crippen LogP contribution in [0.5, 0.6) is 5.75 Å². The number of ether oxygens (including phenoxy) is 2. The molecule has 180 valence electrons. The average Bonchev–Trinajstić information content (AvgIpc) is 2.85. The van der Waals surface area contributed by atoms with Crippen LogP contribution >= 0.6 is 0 Å². The number of carbonyl (C=O) groups is 2. The Labute approximate surface area is 200 Å². The molecule has 0 radical (unpaired) electrons. The Morgan fingerprint density at radius 1 is 1.03 bits per heavy atom. The molecule has 2 aliphatic rings. The normalized spacial score (nSPS) is 18.9. The van der Waals surface area contributed by atoms with Gasteiger partial charge in [-0.15, -0.1) is 0 Å². The number of methoxy groups -OCH3 is 2. The first kappa shape index (κ1) is 23.6. The highest BCUT2D eigenvalue weighted by molar-refractivity contribution is 5.95. The summed E-state index contributed by atoms with van der Waals surface area (Å²) in [4.78, 5) is 30.0. The predicted molar refractivity (Wildman–Crippen MR) is 131 cm³/mol. The number of anilines is 1. The maximum atomic E-state index is 12.8. The van der Waals surface area contributed by atoms with Crippen LogP contribution in [-0.4, -0.2) is 63.8 Å². The van der Waals surface area contributed by atoms with Crippen LogP contribution < -0.4 is 20.3 Å². The second-order valence-electron chi connectivity index (χ2n) is 8.74. The fourth-order valence-corrected chi connectivity index (χ4v) is 4.57. The van der Waals surface area contributed by atoms with Crippen LogP contribution in [0.15, 0.2) is 53.7 Å². The van der Waals surface area contributed by atoms with Crippen molar-refractivity contribution in [3.8, 4) is 5.75 Å². The first-order chi connectivity index (χ1) is 16.4. The first-order valence-corrected chi connectivity index (χ1v) is 11.5. The molecule has 0 bridgehead atoms. The Balaban J connectivity index is 1.54. The second-order valence-corrected chi connectivity index (χ2v) is 8.74. The summed E-state index contributed by atoms with van der Waals surface area (Å²) >= 11 is 0. The van der Waals surface area contributed by atoms with Crippen LogP contribution in [0.1, 0.15) is 22.7 Å². The molecule has 1 atom stereocenters. The number of hydrogen-bond acceptors (Lipinski definition) is 6. The molecule has 1 unspecified atom stereocenters. The van der Waals surface area contributed by atoms with E-state index >= 15 is 0 Å². The summed E-state index contributed by atoms with van der Waals surface area (Å²) in [6, 6.07) is 12.9. The molecule has 2 N–H and O–H groups in total. The summed E-state index contributed by atoms with van der Waals surface area (Å²) in [5.41, 5.74) is 5.57. The average molecular weight is 465 g/mol. The van der Waals surface area contributed by atoms with E-state index in [4.69, 9.17) is 9.47 Å². The van der Waals surface area contributed by atoms with Crippen molar-refractivity contribution < 1.29 is 19.1 Å². The van der Waals surface area contributed by atoms with Gasteiger partial charge in [-0.25, -0.2) is 9.59 Å². The van der Waals surface area contributed by atoms with Crippen LogP contribution in [0.25, 0.3) is 0 Å². The number of piperazine rings is 1. The van der Waals surface area contributed by atoms with Gasteiger partial charge in [0.1, 0.15) is 5.75 Å². The van der Waals surface area contributed by atoms with Gasteiger partial charge >= 0.3 is 12.0 Å². The Morgan fingerprint density at radius 3 is 2.38 bits per heavy atom. The number of amides is 2. The number of carbonyl (C=O) groups excluding carboxylic acids is 2. The number of benzene rings is 2. The quantitative estimate of drug-likeness (QED) is 0.640. The number of esters is 1. The maximum absolute atomic E-state index is 12.8. The van der Waals surface area contributed by atoms with Crippen LogP contribution in [0.2, 0.25) is 0 Å². The van der Waals surface area contributed by atoms with Gasteiger partial charge in [0, 0.05) is 44.1 Å². The first-order valence-electron chi connectivity index (χ1n) is 11.5. The van der Waals surface area contributed by atoms with Crippen molar-refractivity contribution in [1.82, 2.24) is 15.5 Å². The van der Waals surface area contributed by atoms with Gasteiger partial charge in [-0.05, 0) is 48.7 Å². The van der Waals surface area contributed by atoms with Crippen LogP contribution in [0, 0.1) is 13.8 Å². The Bertz CT molecular complexity index is 1090. The topological polar surface area (TPSA) is 83.1 Å². The van der Waals surface area contributed by atoms with E-state index in [1.165, 1.54) is 23.9 Å². The number of nitrogens with zero attached hydrogens (tertiary/aromatic N) is 2. The lowest BCUT2D eigenvalue weighted by atomic mass is 9.95. The highest BCUT2D eigenvalue weighted by Gasteiger charge is 2.34. The smallest absolute Gasteiger partial charge is 0.338 e. The van der Waals surface area contributed by atoms with Gasteiger partial charge in [0.05, 0.1) is 25.8 Å². The molecule has 0 aromatic heterocycles. The van der Waals surface area contributed by atoms with Crippen molar-refractivity contribution >= 4 is 17.7 Å². The van der Waals surface area contributed by atoms with Gasteiger partial charge in [0.25, 0.3) is 0 Å². The van der Waals surface area contributed by atoms with E-state index in [1.54, 1.807) is 7.11 Å². The van der Waals surface area contributed by atoms with E-state index in [9.17, 15) is 9.59 Å². The summed E-state index contributed by atoms with van der Waals surface area (Å²) in [5.74, 6) is 0.242. The molecule has 8 heteroatoms. The van der Waals surface area contributed by atoms with Gasteiger partial charge in [-0.2, -0.15) is 0 Å². The standard InChI is InChI=1S/C26H32N4O4/c1-17-5-6-18(2)22(15-17)30-13-11-29(12-14-30)16-21-23(25(31)34-4)24(28-26(32)27-21)19-7-9-20(33-3)10-8-19/h5-10,15,24H,11-14,16H2,1-4H3,(H2,27,28,32). The van der Waals surface area contributed by atoms with E-state index in [0.717, 1.165) is 31.7 Å². The molecule has 34 heavy (non-hydrogen) atoms. The minimum atomic E-state index is -0.599. The van der Waals surface area contributed by atoms with Gasteiger partial charge < -0.3 is 25.0 Å². The van der Waals surface area contributed by atoms with Crippen molar-refractivity contribution in [3.05, 3.63) is 70.4 Å². The SMILES string of the molecule is COC(=O)C1=C(CN2CCN(c3cc(C)ccc3C)CC2)NC(=O)NC1c1ccc(OC)cc1. The molecule has 0 aliphatic carbocycles. The van der Waals surface area contributed by atoms with Crippen molar-refractivity contribution in [2.45, 2.75) is 19.9 Å². The van der Waals surface area contributed by atoms with E-state index < -0.39 is 12.0 Å². The number of urea groups is 1. The molecule has 2 amide bonds. The highest BCUT2D eigenvalue weighted by atomic mass is 16.5. The van der Waals surface area contributed by atoms with Gasteiger partial charge in [-0.3, -0.25) is 4.90 Å². The number of rotatable bonds is 6. The van der Waals surface area contributed by atoms with E-state index in [0.29, 0.717) is 23.6 Å². The lowest BCUT2D eigenvalue weighted by Crippen LogP contribution is -2.51. The monoisotopic (exact) mass is 464 g/mol. The number of nitrogens with one attached hydrogen (secondary N) is 2. The van der Waals surface area contributed by atoms with Gasteiger partial charge in [0.2, 0.25) is 0 Å². The molecule has 1 fully saturated rings. The van der Waals surface area contributed by atoms with E-state index in [2.05, 4.69) is 52.5 Å². The molecule has 1 saturated heterocycles. The van der Waals surface area contributed by atoms with Crippen molar-refractivity contribution in [2.75, 3.05) is 51.8 Å². The summed E-state index contributed by atoms with van der Waals surface area (Å²) < 4.78 is 10.3.